The molecular formula is C17H24Cl2N2O3. The van der Waals surface area contributed by atoms with E-state index in [0.717, 1.165) is 32.4 Å². The van der Waals surface area contributed by atoms with Crippen LogP contribution in [0.3, 0.4) is 0 Å². The molecule has 2 unspecified atom stereocenters. The summed E-state index contributed by atoms with van der Waals surface area (Å²) in [4.78, 5) is 15.1. The largest absolute Gasteiger partial charge is 0.493 e. The van der Waals surface area contributed by atoms with Crippen LogP contribution in [0.2, 0.25) is 5.02 Å². The van der Waals surface area contributed by atoms with Crippen LogP contribution in [0.25, 0.3) is 0 Å². The van der Waals surface area contributed by atoms with Gasteiger partial charge in [-0.25, -0.2) is 0 Å². The predicted octanol–water partition coefficient (Wildman–Crippen LogP) is 3.14. The summed E-state index contributed by atoms with van der Waals surface area (Å²) in [6.45, 7) is 4.21. The van der Waals surface area contributed by atoms with Crippen LogP contribution in [0.4, 0.5) is 0 Å². The SMILES string of the molecule is CCOc1c(Cl)cc(C(=O)N2C3CCNCC2CC3)cc1OC.Cl. The predicted molar refractivity (Wildman–Crippen MR) is 96.9 cm³/mol. The molecule has 2 saturated heterocycles. The minimum atomic E-state index is 0. The van der Waals surface area contributed by atoms with Crippen LogP contribution in [0.5, 0.6) is 11.5 Å². The molecule has 0 radical (unpaired) electrons. The Kier molecular flexibility index (Phi) is 6.61. The highest BCUT2D eigenvalue weighted by molar-refractivity contribution is 6.32. The highest BCUT2D eigenvalue weighted by atomic mass is 35.5. The Balaban J connectivity index is 0.00000208. The third kappa shape index (κ3) is 3.58. The molecule has 0 spiro atoms. The van der Waals surface area contributed by atoms with Gasteiger partial charge in [-0.3, -0.25) is 4.79 Å². The molecule has 0 aliphatic carbocycles. The molecule has 1 N–H and O–H groups in total. The second kappa shape index (κ2) is 8.28. The van der Waals surface area contributed by atoms with Crippen molar-refractivity contribution in [2.75, 3.05) is 26.8 Å². The van der Waals surface area contributed by atoms with Gasteiger partial charge in [-0.1, -0.05) is 11.6 Å². The number of amides is 1. The monoisotopic (exact) mass is 374 g/mol. The van der Waals surface area contributed by atoms with Crippen molar-refractivity contribution in [1.82, 2.24) is 10.2 Å². The number of ether oxygens (including phenoxy) is 2. The number of rotatable bonds is 4. The molecule has 1 aromatic carbocycles. The van der Waals surface area contributed by atoms with Gasteiger partial charge in [0.25, 0.3) is 5.91 Å². The summed E-state index contributed by atoms with van der Waals surface area (Å²) >= 11 is 6.31. The molecule has 2 fully saturated rings. The quantitative estimate of drug-likeness (QED) is 0.879. The average Bonchev–Trinajstić information content (AvgIpc) is 2.81. The van der Waals surface area contributed by atoms with E-state index in [1.165, 1.54) is 0 Å². The van der Waals surface area contributed by atoms with Crippen molar-refractivity contribution in [2.24, 2.45) is 0 Å². The van der Waals surface area contributed by atoms with Crippen LogP contribution in [0, 0.1) is 0 Å². The Morgan fingerprint density at radius 2 is 2.08 bits per heavy atom. The van der Waals surface area contributed by atoms with Crippen molar-refractivity contribution in [3.05, 3.63) is 22.7 Å². The van der Waals surface area contributed by atoms with E-state index in [4.69, 9.17) is 21.1 Å². The summed E-state index contributed by atoms with van der Waals surface area (Å²) in [7, 11) is 1.56. The number of nitrogens with zero attached hydrogens (tertiary/aromatic N) is 1. The van der Waals surface area contributed by atoms with Gasteiger partial charge < -0.3 is 19.7 Å². The van der Waals surface area contributed by atoms with Crippen LogP contribution in [0.1, 0.15) is 36.5 Å². The molecule has 2 heterocycles. The molecule has 5 nitrogen and oxygen atoms in total. The van der Waals surface area contributed by atoms with Gasteiger partial charge >= 0.3 is 0 Å². The molecule has 0 saturated carbocycles. The molecule has 2 aliphatic heterocycles. The number of hydrogen-bond acceptors (Lipinski definition) is 4. The molecule has 7 heteroatoms. The molecule has 24 heavy (non-hydrogen) atoms. The summed E-state index contributed by atoms with van der Waals surface area (Å²) in [6, 6.07) is 4.01. The Bertz CT molecular complexity index is 583. The second-order valence-corrected chi connectivity index (χ2v) is 6.42. The highest BCUT2D eigenvalue weighted by Gasteiger charge is 2.38. The third-order valence-corrected chi connectivity index (χ3v) is 4.93. The lowest BCUT2D eigenvalue weighted by molar-refractivity contribution is 0.0680. The van der Waals surface area contributed by atoms with E-state index >= 15 is 0 Å². The van der Waals surface area contributed by atoms with E-state index in [1.54, 1.807) is 19.2 Å². The van der Waals surface area contributed by atoms with Gasteiger partial charge in [0.2, 0.25) is 0 Å². The second-order valence-electron chi connectivity index (χ2n) is 6.01. The molecule has 2 aliphatic rings. The molecule has 2 atom stereocenters. The lowest BCUT2D eigenvalue weighted by Crippen LogP contribution is -2.42. The van der Waals surface area contributed by atoms with Crippen LogP contribution < -0.4 is 14.8 Å². The lowest BCUT2D eigenvalue weighted by Gasteiger charge is -2.28. The summed E-state index contributed by atoms with van der Waals surface area (Å²) in [5.74, 6) is 1.03. The van der Waals surface area contributed by atoms with E-state index in [1.807, 2.05) is 11.8 Å². The highest BCUT2D eigenvalue weighted by Crippen LogP contribution is 2.38. The van der Waals surface area contributed by atoms with Gasteiger partial charge in [0.15, 0.2) is 11.5 Å². The van der Waals surface area contributed by atoms with E-state index in [2.05, 4.69) is 5.32 Å². The maximum atomic E-state index is 13.0. The molecule has 134 valence electrons. The van der Waals surface area contributed by atoms with Gasteiger partial charge in [0.05, 0.1) is 18.7 Å². The lowest BCUT2D eigenvalue weighted by atomic mass is 10.1. The topological polar surface area (TPSA) is 50.8 Å². The molecule has 1 amide bonds. The van der Waals surface area contributed by atoms with E-state index in [-0.39, 0.29) is 24.4 Å². The van der Waals surface area contributed by atoms with Crippen molar-refractivity contribution < 1.29 is 14.3 Å². The van der Waals surface area contributed by atoms with Crippen LogP contribution in [-0.2, 0) is 0 Å². The van der Waals surface area contributed by atoms with Crippen molar-refractivity contribution in [3.63, 3.8) is 0 Å². The fourth-order valence-corrected chi connectivity index (χ4v) is 3.86. The maximum absolute atomic E-state index is 13.0. The maximum Gasteiger partial charge on any atom is 0.254 e. The Morgan fingerprint density at radius 1 is 1.33 bits per heavy atom. The van der Waals surface area contributed by atoms with Gasteiger partial charge in [-0.05, 0) is 44.9 Å². The molecule has 1 aromatic rings. The Labute approximate surface area is 154 Å². The minimum Gasteiger partial charge on any atom is -0.493 e. The van der Waals surface area contributed by atoms with Gasteiger partial charge in [0.1, 0.15) is 0 Å². The number of hydrogen-bond donors (Lipinski definition) is 1. The number of benzene rings is 1. The molecular weight excluding hydrogens is 351 g/mol. The zero-order valence-electron chi connectivity index (χ0n) is 14.0. The summed E-state index contributed by atoms with van der Waals surface area (Å²) in [6.07, 6.45) is 3.15. The number of carbonyl (C=O) groups is 1. The first-order chi connectivity index (χ1) is 11.2. The van der Waals surface area contributed by atoms with Crippen molar-refractivity contribution in [2.45, 2.75) is 38.3 Å². The normalized spacial score (nSPS) is 22.5. The first-order valence-electron chi connectivity index (χ1n) is 8.19. The smallest absolute Gasteiger partial charge is 0.254 e. The summed E-state index contributed by atoms with van der Waals surface area (Å²) in [5.41, 5.74) is 0.564. The Morgan fingerprint density at radius 3 is 2.79 bits per heavy atom. The average molecular weight is 375 g/mol. The number of nitrogens with one attached hydrogen (secondary N) is 1. The summed E-state index contributed by atoms with van der Waals surface area (Å²) in [5, 5.41) is 3.82. The van der Waals surface area contributed by atoms with Crippen molar-refractivity contribution in [1.29, 1.82) is 0 Å². The first kappa shape index (κ1) is 19.2. The van der Waals surface area contributed by atoms with Crippen LogP contribution in [0.15, 0.2) is 12.1 Å². The Hall–Kier alpha value is -1.17. The van der Waals surface area contributed by atoms with Crippen LogP contribution >= 0.6 is 24.0 Å². The molecule has 3 rings (SSSR count). The fraction of sp³-hybridized carbons (Fsp3) is 0.588. The zero-order valence-corrected chi connectivity index (χ0v) is 15.6. The number of carbonyl (C=O) groups excluding carboxylic acids is 1. The van der Waals surface area contributed by atoms with E-state index in [9.17, 15) is 4.79 Å². The molecule has 2 bridgehead atoms. The van der Waals surface area contributed by atoms with Gasteiger partial charge in [0, 0.05) is 24.2 Å². The van der Waals surface area contributed by atoms with Crippen molar-refractivity contribution in [3.8, 4) is 11.5 Å². The summed E-state index contributed by atoms with van der Waals surface area (Å²) < 4.78 is 10.9. The standard InChI is InChI=1S/C17H23ClN2O3.ClH/c1-3-23-16-14(18)8-11(9-15(16)22-2)17(21)20-12-4-5-13(20)10-19-7-6-12;/h8-9,12-13,19H,3-7,10H2,1-2H3;1H. The van der Waals surface area contributed by atoms with Crippen molar-refractivity contribution >= 4 is 29.9 Å². The number of methoxy groups -OCH3 is 1. The molecule has 0 aromatic heterocycles. The van der Waals surface area contributed by atoms with E-state index in [0.29, 0.717) is 34.7 Å². The van der Waals surface area contributed by atoms with Gasteiger partial charge in [-0.15, -0.1) is 12.4 Å². The van der Waals surface area contributed by atoms with Crippen LogP contribution in [-0.4, -0.2) is 49.7 Å². The minimum absolute atomic E-state index is 0. The number of fused-ring (bicyclic) bond motifs is 2. The third-order valence-electron chi connectivity index (χ3n) is 4.65. The number of halogens is 2. The zero-order chi connectivity index (χ0) is 16.4. The first-order valence-corrected chi connectivity index (χ1v) is 8.57. The fourth-order valence-electron chi connectivity index (χ4n) is 3.59. The van der Waals surface area contributed by atoms with E-state index < -0.39 is 0 Å². The van der Waals surface area contributed by atoms with Gasteiger partial charge in [-0.2, -0.15) is 0 Å².